The molecular formula is C21H27NO5S. The van der Waals surface area contributed by atoms with Crippen LogP contribution in [0.25, 0.3) is 0 Å². The fraction of sp³-hybridized carbons (Fsp3) is 0.571. The molecule has 3 rings (SSSR count). The number of carbonyl (C=O) groups is 3. The Kier molecular flexibility index (Phi) is 6.23. The number of thiophene rings is 1. The molecule has 7 heteroatoms. The van der Waals surface area contributed by atoms with Crippen LogP contribution in [0.2, 0.25) is 0 Å². The van der Waals surface area contributed by atoms with Crippen molar-refractivity contribution in [2.75, 3.05) is 11.9 Å². The van der Waals surface area contributed by atoms with Crippen molar-refractivity contribution in [3.8, 4) is 0 Å². The second-order valence-electron chi connectivity index (χ2n) is 7.71. The molecule has 2 atom stereocenters. The molecule has 6 nitrogen and oxygen atoms in total. The zero-order valence-electron chi connectivity index (χ0n) is 16.6. The van der Waals surface area contributed by atoms with Crippen molar-refractivity contribution < 1.29 is 24.2 Å². The van der Waals surface area contributed by atoms with Crippen LogP contribution < -0.4 is 5.32 Å². The molecule has 28 heavy (non-hydrogen) atoms. The number of ether oxygens (including phenoxy) is 1. The number of nitrogens with one attached hydrogen (secondary N) is 1. The number of esters is 1. The minimum atomic E-state index is -0.955. The van der Waals surface area contributed by atoms with Gasteiger partial charge >= 0.3 is 11.9 Å². The standard InChI is InChI=1S/C21H27NO5S/c1-4-8-27-21(26)17-13-6-5-7-16(13)28-19(17)22-18(23)14-9-11(2)12(3)10-15(14)20(24)25/h14-15H,4-10H2,1-3H3,(H,22,23)(H,24,25)/t14-,15+/m1/s1. The highest BCUT2D eigenvalue weighted by Gasteiger charge is 2.38. The van der Waals surface area contributed by atoms with Gasteiger partial charge in [-0.25, -0.2) is 4.79 Å². The number of fused-ring (bicyclic) bond motifs is 1. The average molecular weight is 406 g/mol. The number of hydrogen-bond acceptors (Lipinski definition) is 5. The van der Waals surface area contributed by atoms with Crippen LogP contribution in [0.3, 0.4) is 0 Å². The van der Waals surface area contributed by atoms with Crippen LogP contribution in [0, 0.1) is 11.8 Å². The van der Waals surface area contributed by atoms with E-state index in [1.807, 2.05) is 20.8 Å². The van der Waals surface area contributed by atoms with Crippen molar-refractivity contribution in [1.29, 1.82) is 0 Å². The van der Waals surface area contributed by atoms with Gasteiger partial charge in [-0.1, -0.05) is 18.1 Å². The van der Waals surface area contributed by atoms with Gasteiger partial charge in [0.15, 0.2) is 0 Å². The van der Waals surface area contributed by atoms with E-state index in [2.05, 4.69) is 5.32 Å². The Morgan fingerprint density at radius 1 is 1.14 bits per heavy atom. The van der Waals surface area contributed by atoms with E-state index in [0.717, 1.165) is 47.3 Å². The molecule has 152 valence electrons. The maximum Gasteiger partial charge on any atom is 0.341 e. The van der Waals surface area contributed by atoms with Gasteiger partial charge in [0, 0.05) is 4.88 Å². The molecule has 1 amide bonds. The molecule has 1 heterocycles. The highest BCUT2D eigenvalue weighted by Crippen LogP contribution is 2.41. The highest BCUT2D eigenvalue weighted by molar-refractivity contribution is 7.17. The average Bonchev–Trinajstić information content (AvgIpc) is 3.21. The molecule has 1 aromatic heterocycles. The highest BCUT2D eigenvalue weighted by atomic mass is 32.1. The van der Waals surface area contributed by atoms with Crippen molar-refractivity contribution in [1.82, 2.24) is 0 Å². The summed E-state index contributed by atoms with van der Waals surface area (Å²) in [5.41, 5.74) is 3.54. The zero-order chi connectivity index (χ0) is 20.4. The number of allylic oxidation sites excluding steroid dienone is 2. The number of aryl methyl sites for hydroxylation is 1. The molecule has 0 saturated heterocycles. The Labute approximate surface area is 169 Å². The third kappa shape index (κ3) is 3.99. The third-order valence-corrected chi connectivity index (χ3v) is 6.93. The zero-order valence-corrected chi connectivity index (χ0v) is 17.4. The minimum absolute atomic E-state index is 0.330. The summed E-state index contributed by atoms with van der Waals surface area (Å²) in [6.07, 6.45) is 4.23. The fourth-order valence-corrected chi connectivity index (χ4v) is 5.29. The minimum Gasteiger partial charge on any atom is -0.481 e. The van der Waals surface area contributed by atoms with E-state index in [1.54, 1.807) is 0 Å². The summed E-state index contributed by atoms with van der Waals surface area (Å²) in [5.74, 6) is -3.07. The van der Waals surface area contributed by atoms with Crippen molar-refractivity contribution in [2.45, 2.75) is 59.3 Å². The number of carboxylic acid groups (broad SMARTS) is 1. The molecule has 1 aromatic rings. The van der Waals surface area contributed by atoms with Crippen LogP contribution in [0.5, 0.6) is 0 Å². The number of anilines is 1. The van der Waals surface area contributed by atoms with Gasteiger partial charge in [0.25, 0.3) is 0 Å². The maximum atomic E-state index is 13.0. The van der Waals surface area contributed by atoms with E-state index >= 15 is 0 Å². The van der Waals surface area contributed by atoms with Crippen molar-refractivity contribution >= 4 is 34.2 Å². The predicted octanol–water partition coefficient (Wildman–Crippen LogP) is 4.19. The van der Waals surface area contributed by atoms with Crippen LogP contribution in [0.15, 0.2) is 11.1 Å². The van der Waals surface area contributed by atoms with Gasteiger partial charge in [0.05, 0.1) is 24.0 Å². The summed E-state index contributed by atoms with van der Waals surface area (Å²) in [5, 5.41) is 13.0. The number of rotatable bonds is 6. The summed E-state index contributed by atoms with van der Waals surface area (Å²) in [7, 11) is 0. The van der Waals surface area contributed by atoms with E-state index < -0.39 is 23.8 Å². The molecule has 0 saturated carbocycles. The Bertz CT molecular complexity index is 838. The number of hydrogen-bond donors (Lipinski definition) is 2. The predicted molar refractivity (Wildman–Crippen MR) is 108 cm³/mol. The summed E-state index contributed by atoms with van der Waals surface area (Å²) in [6.45, 7) is 6.14. The summed E-state index contributed by atoms with van der Waals surface area (Å²) in [6, 6.07) is 0. The van der Waals surface area contributed by atoms with Crippen molar-refractivity contribution in [3.05, 3.63) is 27.2 Å². The van der Waals surface area contributed by atoms with Gasteiger partial charge < -0.3 is 15.2 Å². The molecule has 0 unspecified atom stereocenters. The second kappa shape index (κ2) is 8.47. The maximum absolute atomic E-state index is 13.0. The molecule has 0 bridgehead atoms. The van der Waals surface area contributed by atoms with E-state index in [4.69, 9.17) is 4.74 Å². The molecule has 0 spiro atoms. The summed E-state index contributed by atoms with van der Waals surface area (Å²) >= 11 is 1.42. The van der Waals surface area contributed by atoms with Gasteiger partial charge in [0.2, 0.25) is 5.91 Å². The van der Waals surface area contributed by atoms with Crippen LogP contribution >= 0.6 is 11.3 Å². The van der Waals surface area contributed by atoms with Gasteiger partial charge in [-0.3, -0.25) is 9.59 Å². The van der Waals surface area contributed by atoms with Gasteiger partial charge in [-0.2, -0.15) is 0 Å². The first-order chi connectivity index (χ1) is 13.3. The Balaban J connectivity index is 1.86. The number of aliphatic carboxylic acids is 1. The third-order valence-electron chi connectivity index (χ3n) is 5.72. The lowest BCUT2D eigenvalue weighted by Crippen LogP contribution is -2.36. The molecule has 0 aliphatic heterocycles. The Morgan fingerprint density at radius 2 is 1.82 bits per heavy atom. The summed E-state index contributed by atoms with van der Waals surface area (Å²) < 4.78 is 5.33. The quantitative estimate of drug-likeness (QED) is 0.547. The molecule has 2 N–H and O–H groups in total. The van der Waals surface area contributed by atoms with Gasteiger partial charge in [-0.05, 0) is 57.9 Å². The Hall–Kier alpha value is -2.15. The van der Waals surface area contributed by atoms with E-state index in [0.29, 0.717) is 30.0 Å². The first kappa shape index (κ1) is 20.6. The largest absolute Gasteiger partial charge is 0.481 e. The SMILES string of the molecule is CCCOC(=O)c1c(NC(=O)[C@@H]2CC(C)=C(C)C[C@@H]2C(=O)O)sc2c1CCC2. The van der Waals surface area contributed by atoms with Gasteiger partial charge in [-0.15, -0.1) is 11.3 Å². The molecule has 0 aromatic carbocycles. The number of carboxylic acids is 1. The molecule has 2 aliphatic carbocycles. The molecule has 2 aliphatic rings. The molecule has 0 fully saturated rings. The monoisotopic (exact) mass is 405 g/mol. The number of carbonyl (C=O) groups excluding carboxylic acids is 2. The smallest absolute Gasteiger partial charge is 0.341 e. The van der Waals surface area contributed by atoms with E-state index in [1.165, 1.54) is 11.3 Å². The van der Waals surface area contributed by atoms with Crippen molar-refractivity contribution in [2.24, 2.45) is 11.8 Å². The lowest BCUT2D eigenvalue weighted by molar-refractivity contribution is -0.146. The van der Waals surface area contributed by atoms with Crippen LogP contribution in [0.1, 0.15) is 67.3 Å². The summed E-state index contributed by atoms with van der Waals surface area (Å²) in [4.78, 5) is 38.4. The topological polar surface area (TPSA) is 92.7 Å². The second-order valence-corrected chi connectivity index (χ2v) is 8.81. The van der Waals surface area contributed by atoms with Crippen molar-refractivity contribution in [3.63, 3.8) is 0 Å². The lowest BCUT2D eigenvalue weighted by Gasteiger charge is -2.29. The van der Waals surface area contributed by atoms with E-state index in [9.17, 15) is 19.5 Å². The van der Waals surface area contributed by atoms with Crippen LogP contribution in [-0.2, 0) is 27.2 Å². The fourth-order valence-electron chi connectivity index (χ4n) is 4.01. The Morgan fingerprint density at radius 3 is 2.46 bits per heavy atom. The molecule has 0 radical (unpaired) electrons. The number of amides is 1. The first-order valence-corrected chi connectivity index (χ1v) is 10.7. The van der Waals surface area contributed by atoms with Crippen LogP contribution in [0.4, 0.5) is 5.00 Å². The lowest BCUT2D eigenvalue weighted by atomic mass is 9.76. The normalized spacial score (nSPS) is 21.4. The first-order valence-electron chi connectivity index (χ1n) is 9.84. The van der Waals surface area contributed by atoms with E-state index in [-0.39, 0.29) is 5.91 Å². The molecular weight excluding hydrogens is 378 g/mol. The van der Waals surface area contributed by atoms with Gasteiger partial charge in [0.1, 0.15) is 5.00 Å². The van der Waals surface area contributed by atoms with Crippen LogP contribution in [-0.4, -0.2) is 29.6 Å².